The zero-order valence-corrected chi connectivity index (χ0v) is 29.6. The van der Waals surface area contributed by atoms with Crippen LogP contribution >= 0.6 is 0 Å². The molecule has 270 valence electrons. The van der Waals surface area contributed by atoms with E-state index in [9.17, 15) is 26.4 Å². The van der Waals surface area contributed by atoms with Crippen molar-refractivity contribution in [3.63, 3.8) is 0 Å². The fraction of sp³-hybridized carbons (Fsp3) is 0.528. The summed E-state index contributed by atoms with van der Waals surface area (Å²) in [5.74, 6) is -0.800. The molecule has 1 aromatic heterocycles. The Hall–Kier alpha value is -3.75. The molecule has 2 heterocycles. The average Bonchev–Trinajstić information content (AvgIpc) is 3.87. The Labute approximate surface area is 291 Å². The number of aryl methyl sites for hydroxylation is 2. The number of hydrogen-bond donors (Lipinski definition) is 1. The average molecular weight is 716 g/mol. The lowest BCUT2D eigenvalue weighted by Gasteiger charge is -2.44. The van der Waals surface area contributed by atoms with Crippen molar-refractivity contribution in [2.75, 3.05) is 38.6 Å². The van der Waals surface area contributed by atoms with Gasteiger partial charge < -0.3 is 19.3 Å². The first-order valence-corrected chi connectivity index (χ1v) is 18.5. The summed E-state index contributed by atoms with van der Waals surface area (Å²) in [6, 6.07) is 11.7. The molecule has 1 N–H and O–H groups in total. The second kappa shape index (κ2) is 14.1. The zero-order valence-electron chi connectivity index (χ0n) is 28.8. The molecule has 2 saturated carbocycles. The van der Waals surface area contributed by atoms with Crippen LogP contribution in [-0.4, -0.2) is 92.3 Å². The van der Waals surface area contributed by atoms with E-state index in [2.05, 4.69) is 19.6 Å². The third kappa shape index (κ3) is 7.47. The Morgan fingerprint density at radius 3 is 2.36 bits per heavy atom. The standard InChI is InChI=1S/C36H44F3N5O5S/c1-23-7-5-8-24(2)32(23)30-20-31-41-34(40-30)42-50(46,47)29-10-6-9-25(19-29)33(45)44(27-13-11-26(12-14-27)43(3)17-18-48-4)28(22-49-31)21-35(15-16-35)36(37,38)39/h5-10,19-20,26-28H,11-18,21-22H2,1-4H3,(H,40,41,42)/t26-,27-,28-/m1/s1. The molecule has 3 aliphatic rings. The summed E-state index contributed by atoms with van der Waals surface area (Å²) in [5, 5.41) is 0. The Morgan fingerprint density at radius 1 is 1.04 bits per heavy atom. The van der Waals surface area contributed by atoms with Gasteiger partial charge >= 0.3 is 6.18 Å². The highest BCUT2D eigenvalue weighted by molar-refractivity contribution is 7.92. The molecule has 1 atom stereocenters. The van der Waals surface area contributed by atoms with Gasteiger partial charge in [-0.05, 0) is 95.2 Å². The maximum Gasteiger partial charge on any atom is 0.394 e. The van der Waals surface area contributed by atoms with Gasteiger partial charge in [0.1, 0.15) is 6.61 Å². The summed E-state index contributed by atoms with van der Waals surface area (Å²) in [4.78, 5) is 27.0. The molecule has 2 aliphatic carbocycles. The van der Waals surface area contributed by atoms with Crippen LogP contribution < -0.4 is 9.46 Å². The highest BCUT2D eigenvalue weighted by atomic mass is 32.2. The van der Waals surface area contributed by atoms with Crippen molar-refractivity contribution in [1.82, 2.24) is 19.8 Å². The number of alkyl halides is 3. The fourth-order valence-corrected chi connectivity index (χ4v) is 8.45. The predicted molar refractivity (Wildman–Crippen MR) is 183 cm³/mol. The molecule has 2 aromatic carbocycles. The third-order valence-corrected chi connectivity index (χ3v) is 11.8. The van der Waals surface area contributed by atoms with Crippen molar-refractivity contribution in [3.05, 3.63) is 65.2 Å². The van der Waals surface area contributed by atoms with E-state index in [-0.39, 0.29) is 60.2 Å². The summed E-state index contributed by atoms with van der Waals surface area (Å²) in [7, 11) is -0.617. The smallest absolute Gasteiger partial charge is 0.394 e. The molecular formula is C36H44F3N5O5S. The minimum absolute atomic E-state index is 0.0148. The number of carbonyl (C=O) groups is 1. The van der Waals surface area contributed by atoms with Gasteiger partial charge in [-0.1, -0.05) is 24.3 Å². The first-order chi connectivity index (χ1) is 23.7. The molecule has 0 unspecified atom stereocenters. The van der Waals surface area contributed by atoms with Crippen LogP contribution in [0.25, 0.3) is 11.3 Å². The first-order valence-electron chi connectivity index (χ1n) is 17.0. The van der Waals surface area contributed by atoms with Crippen molar-refractivity contribution >= 4 is 21.9 Å². The molecule has 50 heavy (non-hydrogen) atoms. The number of methoxy groups -OCH3 is 1. The van der Waals surface area contributed by atoms with E-state index in [1.807, 2.05) is 39.1 Å². The molecule has 0 radical (unpaired) electrons. The predicted octanol–water partition coefficient (Wildman–Crippen LogP) is 6.39. The van der Waals surface area contributed by atoms with E-state index in [0.717, 1.165) is 36.1 Å². The molecule has 0 spiro atoms. The number of nitrogens with one attached hydrogen (secondary N) is 1. The maximum atomic E-state index is 14.6. The topological polar surface area (TPSA) is 114 Å². The number of likely N-dealkylation sites (N-methyl/N-ethyl adjacent to an activating group) is 1. The van der Waals surface area contributed by atoms with E-state index >= 15 is 0 Å². The summed E-state index contributed by atoms with van der Waals surface area (Å²) in [5.41, 5.74) is 1.04. The molecule has 10 nitrogen and oxygen atoms in total. The van der Waals surface area contributed by atoms with Crippen LogP contribution in [0.3, 0.4) is 0 Å². The minimum atomic E-state index is -4.46. The van der Waals surface area contributed by atoms with Gasteiger partial charge in [-0.2, -0.15) is 18.2 Å². The van der Waals surface area contributed by atoms with Crippen LogP contribution in [-0.2, 0) is 14.8 Å². The third-order valence-electron chi connectivity index (χ3n) is 10.5. The van der Waals surface area contributed by atoms with Crippen LogP contribution in [0.15, 0.2) is 53.4 Å². The number of halogens is 3. The zero-order chi connectivity index (χ0) is 35.8. The quantitative estimate of drug-likeness (QED) is 0.286. The normalized spacial score (nSPS) is 23.2. The van der Waals surface area contributed by atoms with E-state index in [0.29, 0.717) is 25.1 Å². The van der Waals surface area contributed by atoms with Crippen LogP contribution in [0.4, 0.5) is 19.1 Å². The van der Waals surface area contributed by atoms with Crippen molar-refractivity contribution < 1.29 is 35.9 Å². The maximum absolute atomic E-state index is 14.6. The van der Waals surface area contributed by atoms with E-state index < -0.39 is 33.6 Å². The molecular weight excluding hydrogens is 671 g/mol. The van der Waals surface area contributed by atoms with Gasteiger partial charge in [0.15, 0.2) is 0 Å². The Kier molecular flexibility index (Phi) is 10.2. The van der Waals surface area contributed by atoms with Crippen LogP contribution in [0.1, 0.15) is 66.4 Å². The molecule has 2 fully saturated rings. The molecule has 0 saturated heterocycles. The number of hydrogen-bond acceptors (Lipinski definition) is 8. The summed E-state index contributed by atoms with van der Waals surface area (Å²) >= 11 is 0. The lowest BCUT2D eigenvalue weighted by molar-refractivity contribution is -0.193. The SMILES string of the molecule is COCCN(C)[C@H]1CC[C@H](N2C(=O)c3cccc(c3)S(=O)(=O)Nc3nc(cc(-c4c(C)cccc4C)n3)OC[C@H]2CC2(C(F)(F)F)CC2)CC1. The van der Waals surface area contributed by atoms with Crippen molar-refractivity contribution in [2.45, 2.75) is 88.0 Å². The number of benzene rings is 2. The number of sulfonamides is 1. The highest BCUT2D eigenvalue weighted by Gasteiger charge is 2.64. The summed E-state index contributed by atoms with van der Waals surface area (Å²) < 4.78 is 85.0. The number of nitrogens with zero attached hydrogens (tertiary/aromatic N) is 4. The molecule has 3 aromatic rings. The van der Waals surface area contributed by atoms with E-state index in [1.165, 1.54) is 24.3 Å². The fourth-order valence-electron chi connectivity index (χ4n) is 7.46. The van der Waals surface area contributed by atoms with Gasteiger partial charge in [0.25, 0.3) is 15.9 Å². The number of amides is 1. The Bertz CT molecular complexity index is 1810. The van der Waals surface area contributed by atoms with Crippen LogP contribution in [0.5, 0.6) is 5.88 Å². The van der Waals surface area contributed by atoms with Gasteiger partial charge in [0, 0.05) is 42.9 Å². The largest absolute Gasteiger partial charge is 0.475 e. The Balaban J connectivity index is 1.44. The van der Waals surface area contributed by atoms with E-state index in [4.69, 9.17) is 9.47 Å². The summed E-state index contributed by atoms with van der Waals surface area (Å²) in [6.07, 6.45) is -2.25. The lowest BCUT2D eigenvalue weighted by Crippen LogP contribution is -2.53. The summed E-state index contributed by atoms with van der Waals surface area (Å²) in [6.45, 7) is 4.84. The number of anilines is 1. The molecule has 14 heteroatoms. The van der Waals surface area contributed by atoms with Gasteiger partial charge in [0.2, 0.25) is 11.8 Å². The van der Waals surface area contributed by atoms with Crippen LogP contribution in [0, 0.1) is 19.3 Å². The monoisotopic (exact) mass is 715 g/mol. The minimum Gasteiger partial charge on any atom is -0.475 e. The van der Waals surface area contributed by atoms with Crippen molar-refractivity contribution in [2.24, 2.45) is 5.41 Å². The second-order valence-electron chi connectivity index (χ2n) is 13.9. The van der Waals surface area contributed by atoms with Crippen LogP contribution in [0.2, 0.25) is 0 Å². The highest BCUT2D eigenvalue weighted by Crippen LogP contribution is 2.61. The molecule has 1 amide bonds. The van der Waals surface area contributed by atoms with Crippen molar-refractivity contribution in [1.29, 1.82) is 0 Å². The first kappa shape index (κ1) is 36.1. The number of ether oxygens (including phenoxy) is 2. The number of carbonyl (C=O) groups excluding carboxylic acids is 1. The number of aromatic nitrogens is 2. The van der Waals surface area contributed by atoms with Gasteiger partial charge in [-0.25, -0.2) is 18.1 Å². The number of rotatable bonds is 8. The second-order valence-corrected chi connectivity index (χ2v) is 15.6. The molecule has 4 bridgehead atoms. The molecule has 1 aliphatic heterocycles. The van der Waals surface area contributed by atoms with Gasteiger partial charge in [-0.15, -0.1) is 0 Å². The lowest BCUT2D eigenvalue weighted by atomic mass is 9.86. The molecule has 6 rings (SSSR count). The van der Waals surface area contributed by atoms with E-state index in [1.54, 1.807) is 18.1 Å². The Morgan fingerprint density at radius 2 is 1.72 bits per heavy atom. The number of fused-ring (bicyclic) bond motifs is 4. The van der Waals surface area contributed by atoms with Crippen molar-refractivity contribution in [3.8, 4) is 17.1 Å². The van der Waals surface area contributed by atoms with Gasteiger partial charge in [0.05, 0.1) is 28.7 Å². The van der Waals surface area contributed by atoms with Gasteiger partial charge in [-0.3, -0.25) is 4.79 Å².